The maximum Gasteiger partial charge on any atom is 0.303 e. The maximum atomic E-state index is 11.9. The Morgan fingerprint density at radius 2 is 1.56 bits per heavy atom. The lowest BCUT2D eigenvalue weighted by atomic mass is 9.89. The summed E-state index contributed by atoms with van der Waals surface area (Å²) in [6.45, 7) is 3.44. The van der Waals surface area contributed by atoms with Crippen molar-refractivity contribution in [3.8, 4) is 5.75 Å². The van der Waals surface area contributed by atoms with Gasteiger partial charge in [0.05, 0.1) is 0 Å². The summed E-state index contributed by atoms with van der Waals surface area (Å²) >= 11 is 0. The van der Waals surface area contributed by atoms with E-state index < -0.39 is 12.1 Å². The lowest BCUT2D eigenvalue weighted by Gasteiger charge is -2.32. The van der Waals surface area contributed by atoms with E-state index in [1.54, 1.807) is 0 Å². The predicted octanol–water partition coefficient (Wildman–Crippen LogP) is 4.68. The number of piperidine rings is 2. The molecule has 2 N–H and O–H groups in total. The highest BCUT2D eigenvalue weighted by Gasteiger charge is 2.28. The number of nitrogens with zero attached hydrogens (tertiary/aromatic N) is 1. The number of aliphatic carboxylic acids is 1. The molecule has 2 aliphatic heterocycles. The number of nitrogens with one attached hydrogen (secondary N) is 1. The van der Waals surface area contributed by atoms with Crippen molar-refractivity contribution in [3.63, 3.8) is 0 Å². The number of carbonyl (C=O) groups is 3. The second kappa shape index (κ2) is 15.0. The van der Waals surface area contributed by atoms with E-state index in [-0.39, 0.29) is 24.2 Å². The largest absolute Gasteiger partial charge is 0.481 e. The van der Waals surface area contributed by atoms with Crippen molar-refractivity contribution in [3.05, 3.63) is 29.8 Å². The molecule has 7 nitrogen and oxygen atoms in total. The molecule has 1 unspecified atom stereocenters. The van der Waals surface area contributed by atoms with Crippen molar-refractivity contribution in [2.75, 3.05) is 19.6 Å². The molecule has 1 atom stereocenters. The van der Waals surface area contributed by atoms with Crippen LogP contribution >= 0.6 is 12.4 Å². The molecule has 3 rings (SSSR count). The minimum Gasteiger partial charge on any atom is -0.481 e. The third-order valence-corrected chi connectivity index (χ3v) is 6.77. The summed E-state index contributed by atoms with van der Waals surface area (Å²) in [5, 5.41) is 11.0. The molecule has 190 valence electrons. The van der Waals surface area contributed by atoms with Gasteiger partial charge in [-0.3, -0.25) is 19.7 Å². The third kappa shape index (κ3) is 9.63. The zero-order valence-electron chi connectivity index (χ0n) is 20.0. The SMILES string of the molecule is Cl.O=C(O)CCCCCCCCCN1CCC(c2ccc(OC3CCC(=O)NC3=O)cc2)CC1. The average Bonchev–Trinajstić information content (AvgIpc) is 2.80. The number of likely N-dealkylation sites (tertiary alicyclic amines) is 1. The van der Waals surface area contributed by atoms with Gasteiger partial charge in [-0.25, -0.2) is 0 Å². The Balaban J connectivity index is 0.00000408. The first-order valence-corrected chi connectivity index (χ1v) is 12.6. The van der Waals surface area contributed by atoms with Gasteiger partial charge >= 0.3 is 5.97 Å². The molecule has 8 heteroatoms. The van der Waals surface area contributed by atoms with Gasteiger partial charge < -0.3 is 14.7 Å². The normalized spacial score (nSPS) is 19.4. The molecule has 2 amide bonds. The molecule has 0 aliphatic carbocycles. The molecule has 2 saturated heterocycles. The summed E-state index contributed by atoms with van der Waals surface area (Å²) in [4.78, 5) is 36.2. The van der Waals surface area contributed by atoms with Crippen molar-refractivity contribution < 1.29 is 24.2 Å². The van der Waals surface area contributed by atoms with Crippen molar-refractivity contribution in [1.82, 2.24) is 10.2 Å². The number of halogens is 1. The molecular weight excluding hydrogens is 456 g/mol. The highest BCUT2D eigenvalue weighted by atomic mass is 35.5. The van der Waals surface area contributed by atoms with E-state index in [0.29, 0.717) is 30.9 Å². The summed E-state index contributed by atoms with van der Waals surface area (Å²) in [5.74, 6) is -0.0243. The number of imide groups is 1. The van der Waals surface area contributed by atoms with Crippen LogP contribution in [0.25, 0.3) is 0 Å². The highest BCUT2D eigenvalue weighted by Crippen LogP contribution is 2.30. The Kier molecular flexibility index (Phi) is 12.4. The number of hydrogen-bond acceptors (Lipinski definition) is 5. The number of carboxylic acids is 1. The van der Waals surface area contributed by atoms with Crippen LogP contribution in [0, 0.1) is 0 Å². The topological polar surface area (TPSA) is 95.9 Å². The van der Waals surface area contributed by atoms with E-state index in [1.165, 1.54) is 37.8 Å². The average molecular weight is 495 g/mol. The quantitative estimate of drug-likeness (QED) is 0.305. The van der Waals surface area contributed by atoms with Crippen LogP contribution in [0.4, 0.5) is 0 Å². The lowest BCUT2D eigenvalue weighted by Crippen LogP contribution is -2.46. The van der Waals surface area contributed by atoms with Gasteiger partial charge in [0.2, 0.25) is 5.91 Å². The zero-order chi connectivity index (χ0) is 23.5. The molecule has 34 heavy (non-hydrogen) atoms. The fourth-order valence-electron chi connectivity index (χ4n) is 4.75. The van der Waals surface area contributed by atoms with Crippen molar-refractivity contribution >= 4 is 30.2 Å². The fourth-order valence-corrected chi connectivity index (χ4v) is 4.75. The van der Waals surface area contributed by atoms with E-state index in [1.807, 2.05) is 12.1 Å². The van der Waals surface area contributed by atoms with Crippen LogP contribution in [0.1, 0.15) is 88.5 Å². The number of hydrogen-bond donors (Lipinski definition) is 2. The minimum absolute atomic E-state index is 0. The fraction of sp³-hybridized carbons (Fsp3) is 0.654. The minimum atomic E-state index is -0.686. The number of ether oxygens (including phenoxy) is 1. The Morgan fingerprint density at radius 3 is 2.18 bits per heavy atom. The van der Waals surface area contributed by atoms with Crippen molar-refractivity contribution in [2.45, 2.75) is 89.1 Å². The van der Waals surface area contributed by atoms with Crippen LogP contribution in [-0.2, 0) is 14.4 Å². The molecule has 0 saturated carbocycles. The Bertz CT molecular complexity index is 778. The Labute approximate surface area is 209 Å². The van der Waals surface area contributed by atoms with Crippen molar-refractivity contribution in [2.24, 2.45) is 0 Å². The molecule has 2 fully saturated rings. The van der Waals surface area contributed by atoms with Crippen LogP contribution in [0.2, 0.25) is 0 Å². The van der Waals surface area contributed by atoms with Gasteiger partial charge in [0.1, 0.15) is 5.75 Å². The smallest absolute Gasteiger partial charge is 0.303 e. The molecule has 2 aliphatic rings. The van der Waals surface area contributed by atoms with Gasteiger partial charge in [0, 0.05) is 19.3 Å². The molecule has 1 aromatic rings. The molecule has 2 heterocycles. The summed E-state index contributed by atoms with van der Waals surface area (Å²) < 4.78 is 5.78. The van der Waals surface area contributed by atoms with Crippen LogP contribution in [0.5, 0.6) is 5.75 Å². The van der Waals surface area contributed by atoms with Crippen molar-refractivity contribution in [1.29, 1.82) is 0 Å². The number of unbranched alkanes of at least 4 members (excludes halogenated alkanes) is 6. The highest BCUT2D eigenvalue weighted by molar-refractivity contribution is 5.99. The Morgan fingerprint density at radius 1 is 0.941 bits per heavy atom. The summed E-state index contributed by atoms with van der Waals surface area (Å²) in [6.07, 6.45) is 10.7. The number of amides is 2. The maximum absolute atomic E-state index is 11.9. The van der Waals surface area contributed by atoms with Gasteiger partial charge in [-0.15, -0.1) is 12.4 Å². The molecule has 0 aromatic heterocycles. The molecule has 0 bridgehead atoms. The molecular formula is C26H39ClN2O5. The predicted molar refractivity (Wildman–Crippen MR) is 133 cm³/mol. The van der Waals surface area contributed by atoms with Crippen LogP contribution in [0.3, 0.4) is 0 Å². The summed E-state index contributed by atoms with van der Waals surface area (Å²) in [7, 11) is 0. The van der Waals surface area contributed by atoms with Gasteiger partial charge in [-0.05, 0) is 68.9 Å². The number of benzene rings is 1. The van der Waals surface area contributed by atoms with Crippen LogP contribution < -0.4 is 10.1 Å². The van der Waals surface area contributed by atoms with E-state index in [4.69, 9.17) is 9.84 Å². The monoisotopic (exact) mass is 494 g/mol. The van der Waals surface area contributed by atoms with E-state index >= 15 is 0 Å². The first-order chi connectivity index (χ1) is 16.0. The number of carboxylic acid groups (broad SMARTS) is 1. The van der Waals surface area contributed by atoms with Gasteiger partial charge in [0.25, 0.3) is 5.91 Å². The standard InChI is InChI=1S/C26H38N2O5.ClH/c29-24-14-13-23(26(32)27-24)33-22-11-9-20(10-12-22)21-15-18-28(19-16-21)17-7-5-3-1-2-4-6-8-25(30)31;/h9-12,21,23H,1-8,13-19H2,(H,30,31)(H,27,29,32);1H. The van der Waals surface area contributed by atoms with Gasteiger partial charge in [-0.1, -0.05) is 44.2 Å². The number of rotatable bonds is 13. The third-order valence-electron chi connectivity index (χ3n) is 6.77. The van der Waals surface area contributed by atoms with E-state index in [0.717, 1.165) is 45.2 Å². The van der Waals surface area contributed by atoms with Gasteiger partial charge in [0.15, 0.2) is 6.10 Å². The van der Waals surface area contributed by atoms with E-state index in [9.17, 15) is 14.4 Å². The van der Waals surface area contributed by atoms with Crippen LogP contribution in [0.15, 0.2) is 24.3 Å². The lowest BCUT2D eigenvalue weighted by molar-refractivity contribution is -0.139. The molecule has 0 spiro atoms. The van der Waals surface area contributed by atoms with Crippen LogP contribution in [-0.4, -0.2) is 53.5 Å². The molecule has 1 aromatic carbocycles. The first-order valence-electron chi connectivity index (χ1n) is 12.6. The Hall–Kier alpha value is -2.12. The summed E-state index contributed by atoms with van der Waals surface area (Å²) in [5.41, 5.74) is 1.33. The van der Waals surface area contributed by atoms with Gasteiger partial charge in [-0.2, -0.15) is 0 Å². The second-order valence-corrected chi connectivity index (χ2v) is 9.36. The zero-order valence-corrected chi connectivity index (χ0v) is 20.8. The van der Waals surface area contributed by atoms with E-state index in [2.05, 4.69) is 22.3 Å². The first kappa shape index (κ1) is 28.1. The molecule has 0 radical (unpaired) electrons. The summed E-state index contributed by atoms with van der Waals surface area (Å²) in [6, 6.07) is 8.09. The number of carbonyl (C=O) groups excluding carboxylic acids is 2. The second-order valence-electron chi connectivity index (χ2n) is 9.36.